The van der Waals surface area contributed by atoms with Crippen LogP contribution in [0.3, 0.4) is 0 Å². The van der Waals surface area contributed by atoms with Crippen molar-refractivity contribution in [2.75, 3.05) is 20.6 Å². The van der Waals surface area contributed by atoms with Crippen molar-refractivity contribution in [2.24, 2.45) is 0 Å². The number of amides is 1. The van der Waals surface area contributed by atoms with E-state index in [1.165, 1.54) is 5.56 Å². The summed E-state index contributed by atoms with van der Waals surface area (Å²) in [7, 11) is 4.04. The van der Waals surface area contributed by atoms with Gasteiger partial charge in [0.2, 0.25) is 5.91 Å². The lowest BCUT2D eigenvalue weighted by molar-refractivity contribution is -0.121. The Hall–Kier alpha value is -2.37. The van der Waals surface area contributed by atoms with Crippen LogP contribution in [0.25, 0.3) is 10.9 Å². The Morgan fingerprint density at radius 2 is 1.96 bits per heavy atom. The summed E-state index contributed by atoms with van der Waals surface area (Å²) in [4.78, 5) is 14.6. The maximum Gasteiger partial charge on any atom is 0.220 e. The first-order chi connectivity index (χ1) is 13.5. The van der Waals surface area contributed by atoms with E-state index in [2.05, 4.69) is 39.5 Å². The zero-order valence-corrected chi connectivity index (χ0v) is 17.3. The first kappa shape index (κ1) is 20.4. The van der Waals surface area contributed by atoms with Crippen LogP contribution in [-0.2, 0) is 11.2 Å². The topological polar surface area (TPSA) is 61.0 Å². The van der Waals surface area contributed by atoms with Crippen LogP contribution in [0.15, 0.2) is 48.7 Å². The summed E-state index contributed by atoms with van der Waals surface area (Å²) in [6.07, 6.45) is 2.98. The number of hydrogen-bond acceptors (Lipinski definition) is 3. The minimum atomic E-state index is 0.0691. The Kier molecular flexibility index (Phi) is 6.70. The van der Waals surface area contributed by atoms with E-state index >= 15 is 0 Å². The first-order valence-corrected chi connectivity index (χ1v) is 9.92. The van der Waals surface area contributed by atoms with Crippen molar-refractivity contribution in [3.63, 3.8) is 0 Å². The molecule has 0 fully saturated rings. The monoisotopic (exact) mass is 398 g/mol. The number of nitrogens with one attached hydrogen (secondary N) is 2. The summed E-state index contributed by atoms with van der Waals surface area (Å²) < 4.78 is 0. The molecule has 2 N–H and O–H groups in total. The molecule has 2 atom stereocenters. The number of hydrogen-bond donors (Lipinski definition) is 2. The summed E-state index contributed by atoms with van der Waals surface area (Å²) in [6.45, 7) is 2.66. The van der Waals surface area contributed by atoms with E-state index in [-0.39, 0.29) is 17.9 Å². The number of nitrogens with zero attached hydrogens (tertiary/aromatic N) is 2. The number of aromatic amines is 1. The molecular weight excluding hydrogens is 372 g/mol. The van der Waals surface area contributed by atoms with Gasteiger partial charge >= 0.3 is 0 Å². The standard InChI is InChI=1S/C22H27ClN4O/c1-15(16-7-5-4-6-8-16)11-21(28)24-13-18(27(2)3)12-17-9-10-20-19(22(17)23)14-25-26-20/h4-10,14-15,18H,11-13H2,1-3H3,(H,24,28)(H,25,26). The maximum absolute atomic E-state index is 12.4. The van der Waals surface area contributed by atoms with Crippen LogP contribution in [-0.4, -0.2) is 47.7 Å². The minimum Gasteiger partial charge on any atom is -0.355 e. The van der Waals surface area contributed by atoms with Gasteiger partial charge in [-0.15, -0.1) is 0 Å². The van der Waals surface area contributed by atoms with E-state index in [9.17, 15) is 4.79 Å². The van der Waals surface area contributed by atoms with Crippen LogP contribution in [0, 0.1) is 0 Å². The lowest BCUT2D eigenvalue weighted by atomic mass is 9.97. The van der Waals surface area contributed by atoms with Gasteiger partial charge in [0.15, 0.2) is 0 Å². The zero-order valence-electron chi connectivity index (χ0n) is 16.6. The molecule has 0 saturated carbocycles. The lowest BCUT2D eigenvalue weighted by Crippen LogP contribution is -2.41. The highest BCUT2D eigenvalue weighted by molar-refractivity contribution is 6.36. The molecule has 1 aromatic heterocycles. The molecule has 6 heteroatoms. The normalized spacial score (nSPS) is 13.6. The first-order valence-electron chi connectivity index (χ1n) is 9.54. The van der Waals surface area contributed by atoms with Gasteiger partial charge < -0.3 is 10.2 Å². The fraction of sp³-hybridized carbons (Fsp3) is 0.364. The molecule has 1 amide bonds. The second-order valence-corrected chi connectivity index (χ2v) is 7.89. The Balaban J connectivity index is 1.60. The van der Waals surface area contributed by atoms with Gasteiger partial charge in [0.1, 0.15) is 0 Å². The summed E-state index contributed by atoms with van der Waals surface area (Å²) in [5.74, 6) is 0.261. The van der Waals surface area contributed by atoms with Crippen LogP contribution >= 0.6 is 11.6 Å². The van der Waals surface area contributed by atoms with Crippen molar-refractivity contribution < 1.29 is 4.79 Å². The van der Waals surface area contributed by atoms with Gasteiger partial charge in [-0.05, 0) is 43.6 Å². The summed E-state index contributed by atoms with van der Waals surface area (Å²) in [5, 5.41) is 11.7. The maximum atomic E-state index is 12.4. The van der Waals surface area contributed by atoms with Gasteiger partial charge in [0.05, 0.1) is 16.7 Å². The van der Waals surface area contributed by atoms with E-state index in [4.69, 9.17) is 11.6 Å². The second kappa shape index (κ2) is 9.22. The Bertz CT molecular complexity index is 923. The molecule has 0 aliphatic carbocycles. The highest BCUT2D eigenvalue weighted by Gasteiger charge is 2.18. The quantitative estimate of drug-likeness (QED) is 0.603. The number of H-pyrrole nitrogens is 1. The van der Waals surface area contributed by atoms with Crippen LogP contribution < -0.4 is 5.32 Å². The smallest absolute Gasteiger partial charge is 0.220 e. The number of benzene rings is 2. The van der Waals surface area contributed by atoms with Crippen molar-refractivity contribution in [1.82, 2.24) is 20.4 Å². The van der Waals surface area contributed by atoms with E-state index in [0.717, 1.165) is 27.9 Å². The van der Waals surface area contributed by atoms with Crippen LogP contribution in [0.1, 0.15) is 30.4 Å². The van der Waals surface area contributed by atoms with Crippen molar-refractivity contribution in [2.45, 2.75) is 31.7 Å². The highest BCUT2D eigenvalue weighted by atomic mass is 35.5. The second-order valence-electron chi connectivity index (χ2n) is 7.51. The molecule has 2 unspecified atom stereocenters. The van der Waals surface area contributed by atoms with Crippen LogP contribution in [0.4, 0.5) is 0 Å². The molecule has 0 saturated heterocycles. The minimum absolute atomic E-state index is 0.0691. The van der Waals surface area contributed by atoms with E-state index in [1.54, 1.807) is 6.20 Å². The SMILES string of the molecule is CC(CC(=O)NCC(Cc1ccc2[nH]ncc2c1Cl)N(C)C)c1ccccc1. The molecule has 28 heavy (non-hydrogen) atoms. The number of carbonyl (C=O) groups excluding carboxylic acids is 1. The molecular formula is C22H27ClN4O. The number of halogens is 1. The largest absolute Gasteiger partial charge is 0.355 e. The van der Waals surface area contributed by atoms with E-state index < -0.39 is 0 Å². The predicted molar refractivity (Wildman–Crippen MR) is 115 cm³/mol. The van der Waals surface area contributed by atoms with Gasteiger partial charge in [-0.1, -0.05) is 54.9 Å². The molecule has 2 aromatic carbocycles. The molecule has 3 aromatic rings. The van der Waals surface area contributed by atoms with E-state index in [0.29, 0.717) is 13.0 Å². The van der Waals surface area contributed by atoms with Crippen LogP contribution in [0.2, 0.25) is 5.02 Å². The average molecular weight is 399 g/mol. The Labute approximate surface area is 171 Å². The highest BCUT2D eigenvalue weighted by Crippen LogP contribution is 2.27. The number of fused-ring (bicyclic) bond motifs is 1. The molecule has 0 spiro atoms. The van der Waals surface area contributed by atoms with Gasteiger partial charge in [0.25, 0.3) is 0 Å². The fourth-order valence-electron chi connectivity index (χ4n) is 3.36. The van der Waals surface area contributed by atoms with Gasteiger partial charge in [-0.2, -0.15) is 5.10 Å². The van der Waals surface area contributed by atoms with Crippen molar-refractivity contribution in [3.05, 3.63) is 64.8 Å². The van der Waals surface area contributed by atoms with Crippen LogP contribution in [0.5, 0.6) is 0 Å². The third-order valence-electron chi connectivity index (χ3n) is 5.22. The Morgan fingerprint density at radius 3 is 2.68 bits per heavy atom. The molecule has 3 rings (SSSR count). The fourth-order valence-corrected chi connectivity index (χ4v) is 3.65. The zero-order chi connectivity index (χ0) is 20.1. The molecule has 0 aliphatic heterocycles. The predicted octanol–water partition coefficient (Wildman–Crippen LogP) is 4.00. The molecule has 0 aliphatic rings. The van der Waals surface area contributed by atoms with Gasteiger partial charge in [-0.3, -0.25) is 9.89 Å². The lowest BCUT2D eigenvalue weighted by Gasteiger charge is -2.25. The van der Waals surface area contributed by atoms with E-state index in [1.807, 2.05) is 44.4 Å². The third-order valence-corrected chi connectivity index (χ3v) is 5.67. The number of rotatable bonds is 8. The number of likely N-dealkylation sites (N-methyl/N-ethyl adjacent to an activating group) is 1. The molecule has 0 radical (unpaired) electrons. The summed E-state index contributed by atoms with van der Waals surface area (Å²) in [6, 6.07) is 14.3. The molecule has 1 heterocycles. The van der Waals surface area contributed by atoms with Gasteiger partial charge in [-0.25, -0.2) is 0 Å². The summed E-state index contributed by atoms with van der Waals surface area (Å²) >= 11 is 6.57. The molecule has 0 bridgehead atoms. The van der Waals surface area contributed by atoms with Crippen molar-refractivity contribution in [3.8, 4) is 0 Å². The van der Waals surface area contributed by atoms with Crippen molar-refractivity contribution in [1.29, 1.82) is 0 Å². The van der Waals surface area contributed by atoms with Crippen molar-refractivity contribution >= 4 is 28.4 Å². The summed E-state index contributed by atoms with van der Waals surface area (Å²) in [5.41, 5.74) is 3.17. The third kappa shape index (κ3) is 4.91. The van der Waals surface area contributed by atoms with Gasteiger partial charge in [0, 0.05) is 24.4 Å². The number of aromatic nitrogens is 2. The average Bonchev–Trinajstić information content (AvgIpc) is 3.16. The number of carbonyl (C=O) groups is 1. The molecule has 5 nitrogen and oxygen atoms in total. The Morgan fingerprint density at radius 1 is 1.21 bits per heavy atom. The molecule has 148 valence electrons.